The second-order valence-electron chi connectivity index (χ2n) is 2.83. The summed E-state index contributed by atoms with van der Waals surface area (Å²) in [6.07, 6.45) is 1.29. The lowest BCUT2D eigenvalue weighted by Crippen LogP contribution is -2.30. The number of hydrazine groups is 1. The smallest absolute Gasteiger partial charge is 0.0138 e. The minimum atomic E-state index is 0.778. The highest BCUT2D eigenvalue weighted by atomic mass is 15.2. The predicted molar refractivity (Wildman–Crippen MR) is 37.8 cm³/mol. The van der Waals surface area contributed by atoms with Gasteiger partial charge in [-0.1, -0.05) is 0 Å². The molecule has 0 aliphatic carbocycles. The fraction of sp³-hybridized carbons (Fsp3) is 1.00. The van der Waals surface area contributed by atoms with Crippen LogP contribution in [0.4, 0.5) is 0 Å². The Morgan fingerprint density at radius 1 is 1.78 bits per heavy atom. The molecule has 0 bridgehead atoms. The van der Waals surface area contributed by atoms with Gasteiger partial charge in [0.05, 0.1) is 0 Å². The number of nitrogens with one attached hydrogen (secondary N) is 1. The van der Waals surface area contributed by atoms with Gasteiger partial charge in [0, 0.05) is 13.1 Å². The van der Waals surface area contributed by atoms with E-state index < -0.39 is 0 Å². The molecule has 0 aromatic rings. The van der Waals surface area contributed by atoms with Crippen molar-refractivity contribution in [1.82, 2.24) is 10.3 Å². The lowest BCUT2D eigenvalue weighted by atomic mass is 10.1. The normalized spacial score (nSPS) is 29.3. The van der Waals surface area contributed by atoms with E-state index in [-0.39, 0.29) is 0 Å². The van der Waals surface area contributed by atoms with Gasteiger partial charge in [0.15, 0.2) is 0 Å². The molecule has 0 amide bonds. The summed E-state index contributed by atoms with van der Waals surface area (Å²) in [5.41, 5.74) is 2.70. The minimum absolute atomic E-state index is 0.778. The molecule has 1 rings (SSSR count). The molecule has 0 aromatic heterocycles. The first-order chi connectivity index (χ1) is 4.33. The summed E-state index contributed by atoms with van der Waals surface area (Å²) in [5, 5.41) is 0. The van der Waals surface area contributed by atoms with Gasteiger partial charge in [0.25, 0.3) is 0 Å². The molecular weight excluding hydrogens is 114 g/mol. The molecular formula is C6H15N3. The van der Waals surface area contributed by atoms with Gasteiger partial charge in [-0.2, -0.15) is 0 Å². The first-order valence-corrected chi connectivity index (χ1v) is 3.45. The standard InChI is InChI=1S/C6H15N3/c1-9-3-2-6(5-9)4-8-7/h6,8H,2-5,7H2,1H3. The van der Waals surface area contributed by atoms with Crippen LogP contribution in [0.15, 0.2) is 0 Å². The topological polar surface area (TPSA) is 41.3 Å². The van der Waals surface area contributed by atoms with Crippen LogP contribution < -0.4 is 11.3 Å². The van der Waals surface area contributed by atoms with Crippen molar-refractivity contribution in [3.63, 3.8) is 0 Å². The summed E-state index contributed by atoms with van der Waals surface area (Å²) in [4.78, 5) is 2.34. The Balaban J connectivity index is 2.14. The van der Waals surface area contributed by atoms with Crippen molar-refractivity contribution in [2.24, 2.45) is 11.8 Å². The lowest BCUT2D eigenvalue weighted by Gasteiger charge is -2.08. The van der Waals surface area contributed by atoms with Gasteiger partial charge in [-0.05, 0) is 25.9 Å². The lowest BCUT2D eigenvalue weighted by molar-refractivity contribution is 0.389. The Morgan fingerprint density at radius 2 is 2.56 bits per heavy atom. The zero-order valence-corrected chi connectivity index (χ0v) is 5.93. The highest BCUT2D eigenvalue weighted by molar-refractivity contribution is 4.73. The Morgan fingerprint density at radius 3 is 3.00 bits per heavy atom. The Kier molecular flexibility index (Phi) is 2.45. The van der Waals surface area contributed by atoms with Crippen LogP contribution >= 0.6 is 0 Å². The van der Waals surface area contributed by atoms with Gasteiger partial charge < -0.3 is 4.90 Å². The molecule has 1 heterocycles. The van der Waals surface area contributed by atoms with Crippen LogP contribution in [0.25, 0.3) is 0 Å². The molecule has 0 spiro atoms. The molecule has 1 aliphatic rings. The van der Waals surface area contributed by atoms with E-state index >= 15 is 0 Å². The largest absolute Gasteiger partial charge is 0.306 e. The number of hydrogen-bond acceptors (Lipinski definition) is 3. The second-order valence-corrected chi connectivity index (χ2v) is 2.83. The summed E-state index contributed by atoms with van der Waals surface area (Å²) in [6, 6.07) is 0. The van der Waals surface area contributed by atoms with Crippen LogP contribution in [-0.4, -0.2) is 31.6 Å². The van der Waals surface area contributed by atoms with E-state index in [4.69, 9.17) is 5.84 Å². The third kappa shape index (κ3) is 1.93. The molecule has 1 fully saturated rings. The van der Waals surface area contributed by atoms with Crippen LogP contribution in [0, 0.1) is 5.92 Å². The van der Waals surface area contributed by atoms with Gasteiger partial charge in [-0.3, -0.25) is 11.3 Å². The minimum Gasteiger partial charge on any atom is -0.306 e. The highest BCUT2D eigenvalue weighted by Gasteiger charge is 2.17. The van der Waals surface area contributed by atoms with Crippen molar-refractivity contribution in [2.75, 3.05) is 26.7 Å². The summed E-state index contributed by atoms with van der Waals surface area (Å²) in [5.74, 6) is 5.96. The quantitative estimate of drug-likeness (QED) is 0.386. The average Bonchev–Trinajstić information content (AvgIpc) is 2.17. The molecule has 0 radical (unpaired) electrons. The number of likely N-dealkylation sites (tertiary alicyclic amines) is 1. The maximum atomic E-state index is 5.19. The maximum Gasteiger partial charge on any atom is 0.0138 e. The number of hydrogen-bond donors (Lipinski definition) is 2. The van der Waals surface area contributed by atoms with E-state index in [2.05, 4.69) is 17.4 Å². The van der Waals surface area contributed by atoms with Crippen LogP contribution in [0.1, 0.15) is 6.42 Å². The number of nitrogens with zero attached hydrogens (tertiary/aromatic N) is 1. The van der Waals surface area contributed by atoms with Crippen molar-refractivity contribution >= 4 is 0 Å². The van der Waals surface area contributed by atoms with Gasteiger partial charge in [-0.15, -0.1) is 0 Å². The first-order valence-electron chi connectivity index (χ1n) is 3.45. The maximum absolute atomic E-state index is 5.19. The molecule has 3 heteroatoms. The van der Waals surface area contributed by atoms with E-state index in [0.717, 1.165) is 12.5 Å². The summed E-state index contributed by atoms with van der Waals surface area (Å²) in [7, 11) is 2.15. The van der Waals surface area contributed by atoms with Crippen LogP contribution in [0.5, 0.6) is 0 Å². The van der Waals surface area contributed by atoms with Crippen molar-refractivity contribution in [3.8, 4) is 0 Å². The third-order valence-corrected chi connectivity index (χ3v) is 1.90. The van der Waals surface area contributed by atoms with Gasteiger partial charge in [0.1, 0.15) is 0 Å². The molecule has 1 unspecified atom stereocenters. The fourth-order valence-electron chi connectivity index (χ4n) is 1.36. The fourth-order valence-corrected chi connectivity index (χ4v) is 1.36. The zero-order chi connectivity index (χ0) is 6.69. The molecule has 3 N–H and O–H groups in total. The molecule has 9 heavy (non-hydrogen) atoms. The van der Waals surface area contributed by atoms with E-state index in [0.29, 0.717) is 0 Å². The van der Waals surface area contributed by atoms with Crippen molar-refractivity contribution in [3.05, 3.63) is 0 Å². The van der Waals surface area contributed by atoms with E-state index in [1.165, 1.54) is 19.5 Å². The van der Waals surface area contributed by atoms with Crippen molar-refractivity contribution in [2.45, 2.75) is 6.42 Å². The van der Waals surface area contributed by atoms with Crippen molar-refractivity contribution in [1.29, 1.82) is 0 Å². The van der Waals surface area contributed by atoms with Crippen LogP contribution in [0.2, 0.25) is 0 Å². The van der Waals surface area contributed by atoms with E-state index in [1.54, 1.807) is 0 Å². The third-order valence-electron chi connectivity index (χ3n) is 1.90. The highest BCUT2D eigenvalue weighted by Crippen LogP contribution is 2.11. The SMILES string of the molecule is CN1CCC(CNN)C1. The molecule has 0 saturated carbocycles. The molecule has 0 aromatic carbocycles. The van der Waals surface area contributed by atoms with Gasteiger partial charge in [0.2, 0.25) is 0 Å². The molecule has 1 saturated heterocycles. The first kappa shape index (κ1) is 6.99. The Hall–Kier alpha value is -0.120. The molecule has 54 valence electrons. The Bertz CT molecular complexity index is 82.4. The van der Waals surface area contributed by atoms with Gasteiger partial charge in [-0.25, -0.2) is 0 Å². The van der Waals surface area contributed by atoms with Crippen LogP contribution in [0.3, 0.4) is 0 Å². The molecule has 1 aliphatic heterocycles. The molecule has 1 atom stereocenters. The van der Waals surface area contributed by atoms with E-state index in [9.17, 15) is 0 Å². The Labute approximate surface area is 56.2 Å². The van der Waals surface area contributed by atoms with E-state index in [1.807, 2.05) is 0 Å². The predicted octanol–water partition coefficient (Wildman–Crippen LogP) is -0.599. The average molecular weight is 129 g/mol. The van der Waals surface area contributed by atoms with Crippen molar-refractivity contribution < 1.29 is 0 Å². The molecule has 3 nitrogen and oxygen atoms in total. The zero-order valence-electron chi connectivity index (χ0n) is 5.93. The van der Waals surface area contributed by atoms with Gasteiger partial charge >= 0.3 is 0 Å². The summed E-state index contributed by atoms with van der Waals surface area (Å²) >= 11 is 0. The monoisotopic (exact) mass is 129 g/mol. The number of nitrogens with two attached hydrogens (primary N) is 1. The number of rotatable bonds is 2. The van der Waals surface area contributed by atoms with Crippen LogP contribution in [-0.2, 0) is 0 Å². The summed E-state index contributed by atoms with van der Waals surface area (Å²) in [6.45, 7) is 3.39. The second kappa shape index (κ2) is 3.15. The summed E-state index contributed by atoms with van der Waals surface area (Å²) < 4.78 is 0.